The molecule has 35 heavy (non-hydrogen) atoms. The zero-order valence-electron chi connectivity index (χ0n) is 19.7. The standard InChI is InChI=1S/C26H24N2O6S/c1-14-25(35-15(2)27-14)23(30)21-22(17-6-5-7-19(13-17)33-3)28(26(32)24(21)31)18-10-8-16(9-11-18)12-20(29)34-4/h5-11,13,22,31H,12H2,1-4H3. The van der Waals surface area contributed by atoms with Crippen LogP contribution in [-0.4, -0.2) is 42.0 Å². The summed E-state index contributed by atoms with van der Waals surface area (Å²) in [4.78, 5) is 44.7. The topological polar surface area (TPSA) is 106 Å². The van der Waals surface area contributed by atoms with Gasteiger partial charge in [0.15, 0.2) is 5.76 Å². The Bertz CT molecular complexity index is 1340. The number of aryl methyl sites for hydroxylation is 2. The van der Waals surface area contributed by atoms with Gasteiger partial charge in [-0.25, -0.2) is 4.98 Å². The van der Waals surface area contributed by atoms with Crippen LogP contribution in [0.5, 0.6) is 5.75 Å². The molecule has 1 aliphatic rings. The number of aromatic nitrogens is 1. The van der Waals surface area contributed by atoms with Crippen molar-refractivity contribution in [3.8, 4) is 5.75 Å². The molecule has 1 amide bonds. The highest BCUT2D eigenvalue weighted by Crippen LogP contribution is 2.43. The lowest BCUT2D eigenvalue weighted by atomic mass is 9.94. The van der Waals surface area contributed by atoms with Crippen LogP contribution in [0.25, 0.3) is 0 Å². The number of Topliss-reactive ketones (excluding diaryl/α,β-unsaturated/α-hetero) is 1. The Morgan fingerprint density at radius 3 is 2.43 bits per heavy atom. The molecule has 0 fully saturated rings. The zero-order valence-corrected chi connectivity index (χ0v) is 20.5. The third-order valence-corrected chi connectivity index (χ3v) is 6.83. The van der Waals surface area contributed by atoms with E-state index >= 15 is 0 Å². The highest BCUT2D eigenvalue weighted by molar-refractivity contribution is 7.14. The number of carbonyl (C=O) groups is 3. The number of aliphatic hydroxyl groups excluding tert-OH is 1. The third-order valence-electron chi connectivity index (χ3n) is 5.76. The van der Waals surface area contributed by atoms with Gasteiger partial charge in [-0.15, -0.1) is 11.3 Å². The molecule has 0 radical (unpaired) electrons. The van der Waals surface area contributed by atoms with Crippen molar-refractivity contribution >= 4 is 34.7 Å². The van der Waals surface area contributed by atoms with E-state index in [9.17, 15) is 19.5 Å². The van der Waals surface area contributed by atoms with E-state index in [-0.39, 0.29) is 18.0 Å². The lowest BCUT2D eigenvalue weighted by Gasteiger charge is -2.27. The summed E-state index contributed by atoms with van der Waals surface area (Å²) in [6, 6.07) is 12.9. The van der Waals surface area contributed by atoms with E-state index in [4.69, 9.17) is 9.47 Å². The minimum atomic E-state index is -0.890. The molecule has 1 aromatic heterocycles. The Kier molecular flexibility index (Phi) is 6.70. The molecule has 0 saturated carbocycles. The van der Waals surface area contributed by atoms with E-state index in [1.807, 2.05) is 0 Å². The fraction of sp³-hybridized carbons (Fsp3) is 0.231. The molecule has 3 aromatic rings. The number of benzene rings is 2. The number of hydrogen-bond donors (Lipinski definition) is 1. The molecule has 0 bridgehead atoms. The molecule has 9 heteroatoms. The van der Waals surface area contributed by atoms with Crippen LogP contribution >= 0.6 is 11.3 Å². The number of ketones is 1. The summed E-state index contributed by atoms with van der Waals surface area (Å²) in [5.41, 5.74) is 2.29. The summed E-state index contributed by atoms with van der Waals surface area (Å²) in [6.07, 6.45) is 0.0846. The second kappa shape index (κ2) is 9.71. The van der Waals surface area contributed by atoms with Gasteiger partial charge in [0.1, 0.15) is 5.75 Å². The molecular formula is C26H24N2O6S. The van der Waals surface area contributed by atoms with E-state index in [1.54, 1.807) is 62.4 Å². The van der Waals surface area contributed by atoms with E-state index in [0.29, 0.717) is 38.1 Å². The van der Waals surface area contributed by atoms with Gasteiger partial charge in [0.05, 0.1) is 47.8 Å². The molecule has 180 valence electrons. The smallest absolute Gasteiger partial charge is 0.309 e. The maximum atomic E-state index is 13.7. The average Bonchev–Trinajstić information content (AvgIpc) is 3.34. The highest BCUT2D eigenvalue weighted by Gasteiger charge is 2.45. The lowest BCUT2D eigenvalue weighted by Crippen LogP contribution is -2.31. The molecule has 8 nitrogen and oxygen atoms in total. The first kappa shape index (κ1) is 24.2. The number of anilines is 1. The SMILES string of the molecule is COC(=O)Cc1ccc(N2C(=O)C(O)=C(C(=O)c3sc(C)nc3C)C2c2cccc(OC)c2)cc1. The van der Waals surface area contributed by atoms with Crippen molar-refractivity contribution in [2.45, 2.75) is 26.3 Å². The number of thiazole rings is 1. The van der Waals surface area contributed by atoms with Gasteiger partial charge < -0.3 is 14.6 Å². The van der Waals surface area contributed by atoms with Gasteiger partial charge in [0, 0.05) is 5.69 Å². The monoisotopic (exact) mass is 492 g/mol. The van der Waals surface area contributed by atoms with Crippen molar-refractivity contribution in [2.24, 2.45) is 0 Å². The quantitative estimate of drug-likeness (QED) is 0.388. The number of hydrogen-bond acceptors (Lipinski definition) is 8. The number of esters is 1. The second-order valence-corrected chi connectivity index (χ2v) is 9.22. The fourth-order valence-corrected chi connectivity index (χ4v) is 4.98. The van der Waals surface area contributed by atoms with Crippen molar-refractivity contribution in [1.29, 1.82) is 0 Å². The summed E-state index contributed by atoms with van der Waals surface area (Å²) in [5, 5.41) is 11.7. The Labute approximate surface area is 206 Å². The van der Waals surface area contributed by atoms with Crippen molar-refractivity contribution in [3.63, 3.8) is 0 Å². The summed E-state index contributed by atoms with van der Waals surface area (Å²) in [6.45, 7) is 3.52. The van der Waals surface area contributed by atoms with Gasteiger partial charge >= 0.3 is 5.97 Å². The summed E-state index contributed by atoms with van der Waals surface area (Å²) < 4.78 is 10.1. The molecule has 0 saturated heterocycles. The molecule has 2 heterocycles. The summed E-state index contributed by atoms with van der Waals surface area (Å²) in [7, 11) is 2.84. The average molecular weight is 493 g/mol. The van der Waals surface area contributed by atoms with Crippen LogP contribution in [0.4, 0.5) is 5.69 Å². The van der Waals surface area contributed by atoms with Crippen LogP contribution in [0.3, 0.4) is 0 Å². The predicted octanol–water partition coefficient (Wildman–Crippen LogP) is 4.27. The molecule has 0 aliphatic carbocycles. The number of amides is 1. The molecule has 4 rings (SSSR count). The van der Waals surface area contributed by atoms with Crippen molar-refractivity contribution < 1.29 is 29.0 Å². The summed E-state index contributed by atoms with van der Waals surface area (Å²) >= 11 is 1.22. The molecule has 0 spiro atoms. The van der Waals surface area contributed by atoms with E-state index < -0.39 is 23.5 Å². The first-order valence-corrected chi connectivity index (χ1v) is 11.6. The highest BCUT2D eigenvalue weighted by atomic mass is 32.1. The maximum Gasteiger partial charge on any atom is 0.309 e. The predicted molar refractivity (Wildman–Crippen MR) is 131 cm³/mol. The molecule has 1 aliphatic heterocycles. The minimum Gasteiger partial charge on any atom is -0.503 e. The third kappa shape index (κ3) is 4.54. The second-order valence-electron chi connectivity index (χ2n) is 8.01. The molecule has 2 aromatic carbocycles. The molecule has 1 atom stereocenters. The van der Waals surface area contributed by atoms with E-state index in [0.717, 1.165) is 0 Å². The summed E-state index contributed by atoms with van der Waals surface area (Å²) in [5.74, 6) is -1.58. The number of carbonyl (C=O) groups excluding carboxylic acids is 3. The van der Waals surface area contributed by atoms with Crippen LogP contribution in [-0.2, 0) is 20.7 Å². The molecular weight excluding hydrogens is 468 g/mol. The van der Waals surface area contributed by atoms with Gasteiger partial charge in [-0.3, -0.25) is 19.3 Å². The molecule has 1 unspecified atom stereocenters. The van der Waals surface area contributed by atoms with Gasteiger partial charge in [-0.1, -0.05) is 24.3 Å². The number of methoxy groups -OCH3 is 2. The van der Waals surface area contributed by atoms with Crippen LogP contribution in [0, 0.1) is 13.8 Å². The Morgan fingerprint density at radius 1 is 1.11 bits per heavy atom. The Hall–Kier alpha value is -3.98. The van der Waals surface area contributed by atoms with Crippen LogP contribution in [0.2, 0.25) is 0 Å². The largest absolute Gasteiger partial charge is 0.503 e. The molecule has 1 N–H and O–H groups in total. The van der Waals surface area contributed by atoms with Gasteiger partial charge in [-0.05, 0) is 49.2 Å². The van der Waals surface area contributed by atoms with Gasteiger partial charge in [-0.2, -0.15) is 0 Å². The normalized spacial score (nSPS) is 15.5. The number of rotatable bonds is 7. The van der Waals surface area contributed by atoms with Crippen LogP contribution in [0.1, 0.15) is 37.5 Å². The van der Waals surface area contributed by atoms with Crippen LogP contribution in [0.15, 0.2) is 59.9 Å². The van der Waals surface area contributed by atoms with Crippen molar-refractivity contribution in [2.75, 3.05) is 19.1 Å². The first-order valence-electron chi connectivity index (χ1n) is 10.8. The fourth-order valence-electron chi connectivity index (χ4n) is 4.11. The van der Waals surface area contributed by atoms with Crippen molar-refractivity contribution in [3.05, 3.63) is 86.6 Å². The maximum absolute atomic E-state index is 13.7. The van der Waals surface area contributed by atoms with E-state index in [2.05, 4.69) is 4.98 Å². The van der Waals surface area contributed by atoms with Crippen LogP contribution < -0.4 is 9.64 Å². The Morgan fingerprint density at radius 2 is 1.83 bits per heavy atom. The number of aliphatic hydroxyl groups is 1. The Balaban J connectivity index is 1.82. The van der Waals surface area contributed by atoms with E-state index in [1.165, 1.54) is 30.5 Å². The lowest BCUT2D eigenvalue weighted by molar-refractivity contribution is -0.139. The number of nitrogens with zero attached hydrogens (tertiary/aromatic N) is 2. The first-order chi connectivity index (χ1) is 16.7. The van der Waals surface area contributed by atoms with Crippen molar-refractivity contribution in [1.82, 2.24) is 4.98 Å². The van der Waals surface area contributed by atoms with Gasteiger partial charge in [0.25, 0.3) is 5.91 Å². The number of ether oxygens (including phenoxy) is 2. The zero-order chi connectivity index (χ0) is 25.3. The van der Waals surface area contributed by atoms with Gasteiger partial charge in [0.2, 0.25) is 5.78 Å². The minimum absolute atomic E-state index is 0.0198.